The van der Waals surface area contributed by atoms with E-state index in [0.29, 0.717) is 10.5 Å². The Morgan fingerprint density at radius 3 is 2.86 bits per heavy atom. The predicted octanol–water partition coefficient (Wildman–Crippen LogP) is 2.89. The number of carbonyl (C=O) groups is 2. The molecular weight excluding hydrogens is 313 g/mol. The number of carbonyl (C=O) groups excluding carboxylic acids is 1. The summed E-state index contributed by atoms with van der Waals surface area (Å²) >= 11 is 6.11. The number of amides is 1. The van der Waals surface area contributed by atoms with Crippen LogP contribution < -0.4 is 0 Å². The van der Waals surface area contributed by atoms with Gasteiger partial charge in [0.2, 0.25) is 0 Å². The first kappa shape index (κ1) is 15.7. The van der Waals surface area contributed by atoms with Gasteiger partial charge in [0.25, 0.3) is 5.91 Å². The van der Waals surface area contributed by atoms with Crippen molar-refractivity contribution in [1.82, 2.24) is 4.90 Å². The molecule has 1 fully saturated rings. The van der Waals surface area contributed by atoms with E-state index >= 15 is 0 Å². The number of hydrogen-bond acceptors (Lipinski definition) is 4. The van der Waals surface area contributed by atoms with E-state index in [1.807, 2.05) is 0 Å². The van der Waals surface area contributed by atoms with E-state index in [4.69, 9.17) is 17.3 Å². The zero-order valence-electron chi connectivity index (χ0n) is 11.1. The smallest absolute Gasteiger partial charge is 0.326 e. The van der Waals surface area contributed by atoms with E-state index in [-0.39, 0.29) is 10.7 Å². The number of thiocarbonyl (C=S) groups is 1. The average molecular weight is 325 g/mol. The van der Waals surface area contributed by atoms with Crippen molar-refractivity contribution in [2.75, 3.05) is 0 Å². The van der Waals surface area contributed by atoms with Crippen LogP contribution in [0.1, 0.15) is 18.9 Å². The SMILES string of the molecule is CCC(C(=O)O)N1C(=O)/C(=C/c2cccc(F)c2)SC1=S. The van der Waals surface area contributed by atoms with Gasteiger partial charge in [-0.05, 0) is 30.2 Å². The van der Waals surface area contributed by atoms with Gasteiger partial charge in [0.05, 0.1) is 4.91 Å². The molecule has 0 spiro atoms. The second kappa shape index (κ2) is 6.36. The van der Waals surface area contributed by atoms with Crippen LogP contribution in [0.15, 0.2) is 29.2 Å². The highest BCUT2D eigenvalue weighted by Gasteiger charge is 2.39. The van der Waals surface area contributed by atoms with Crippen LogP contribution in [0, 0.1) is 5.82 Å². The summed E-state index contributed by atoms with van der Waals surface area (Å²) in [6, 6.07) is 4.81. The molecule has 1 amide bonds. The van der Waals surface area contributed by atoms with E-state index < -0.39 is 23.7 Å². The highest BCUT2D eigenvalue weighted by molar-refractivity contribution is 8.26. The number of aliphatic carboxylic acids is 1. The standard InChI is InChI=1S/C14H12FNO3S2/c1-2-10(13(18)19)16-12(17)11(21-14(16)20)7-8-4-3-5-9(15)6-8/h3-7,10H,2H2,1H3,(H,18,19)/b11-7-. The Balaban J connectivity index is 2.31. The van der Waals surface area contributed by atoms with Gasteiger partial charge in [-0.15, -0.1) is 0 Å². The average Bonchev–Trinajstić information content (AvgIpc) is 2.67. The summed E-state index contributed by atoms with van der Waals surface area (Å²) in [5.41, 5.74) is 0.527. The van der Waals surface area contributed by atoms with Crippen LogP contribution in [0.2, 0.25) is 0 Å². The van der Waals surface area contributed by atoms with Crippen molar-refractivity contribution in [3.8, 4) is 0 Å². The normalized spacial score (nSPS) is 18.4. The Morgan fingerprint density at radius 1 is 1.57 bits per heavy atom. The van der Waals surface area contributed by atoms with Gasteiger partial charge in [0, 0.05) is 0 Å². The summed E-state index contributed by atoms with van der Waals surface area (Å²) in [5.74, 6) is -1.96. The summed E-state index contributed by atoms with van der Waals surface area (Å²) in [6.45, 7) is 1.67. The monoisotopic (exact) mass is 325 g/mol. The molecule has 1 aromatic rings. The van der Waals surface area contributed by atoms with Crippen LogP contribution in [0.25, 0.3) is 6.08 Å². The largest absolute Gasteiger partial charge is 0.480 e. The molecule has 7 heteroatoms. The van der Waals surface area contributed by atoms with E-state index in [0.717, 1.165) is 16.7 Å². The van der Waals surface area contributed by atoms with Gasteiger partial charge in [-0.3, -0.25) is 9.69 Å². The third-order valence-corrected chi connectivity index (χ3v) is 4.28. The van der Waals surface area contributed by atoms with E-state index in [1.165, 1.54) is 24.3 Å². The lowest BCUT2D eigenvalue weighted by Crippen LogP contribution is -2.43. The molecular formula is C14H12FNO3S2. The van der Waals surface area contributed by atoms with Crippen molar-refractivity contribution in [2.45, 2.75) is 19.4 Å². The molecule has 0 saturated carbocycles. The predicted molar refractivity (Wildman–Crippen MR) is 83.1 cm³/mol. The van der Waals surface area contributed by atoms with E-state index in [2.05, 4.69) is 0 Å². The van der Waals surface area contributed by atoms with Gasteiger partial charge in [0.15, 0.2) is 0 Å². The Kier molecular flexibility index (Phi) is 4.74. The lowest BCUT2D eigenvalue weighted by atomic mass is 10.1. The molecule has 1 aliphatic heterocycles. The zero-order valence-corrected chi connectivity index (χ0v) is 12.7. The Morgan fingerprint density at radius 2 is 2.29 bits per heavy atom. The van der Waals surface area contributed by atoms with E-state index in [1.54, 1.807) is 13.0 Å². The minimum absolute atomic E-state index is 0.205. The number of halogens is 1. The first-order chi connectivity index (χ1) is 9.93. The molecule has 0 radical (unpaired) electrons. The maximum Gasteiger partial charge on any atom is 0.326 e. The van der Waals surface area contributed by atoms with Crippen molar-refractivity contribution in [3.63, 3.8) is 0 Å². The zero-order chi connectivity index (χ0) is 15.6. The first-order valence-electron chi connectivity index (χ1n) is 6.19. The molecule has 0 aliphatic carbocycles. The second-order valence-electron chi connectivity index (χ2n) is 4.37. The minimum atomic E-state index is -1.10. The number of nitrogens with zero attached hydrogens (tertiary/aromatic N) is 1. The Bertz CT molecular complexity index is 645. The van der Waals surface area contributed by atoms with Crippen LogP contribution >= 0.6 is 24.0 Å². The van der Waals surface area contributed by atoms with Crippen molar-refractivity contribution >= 4 is 46.3 Å². The van der Waals surface area contributed by atoms with Gasteiger partial charge < -0.3 is 5.11 Å². The molecule has 1 unspecified atom stereocenters. The molecule has 4 nitrogen and oxygen atoms in total. The highest BCUT2D eigenvalue weighted by Crippen LogP contribution is 2.34. The number of carboxylic acids is 1. The lowest BCUT2D eigenvalue weighted by Gasteiger charge is -2.21. The van der Waals surface area contributed by atoms with Crippen LogP contribution in [-0.2, 0) is 9.59 Å². The quantitative estimate of drug-likeness (QED) is 0.681. The molecule has 0 aromatic heterocycles. The topological polar surface area (TPSA) is 57.6 Å². The fourth-order valence-electron chi connectivity index (χ4n) is 1.96. The Hall–Kier alpha value is -1.73. The van der Waals surface area contributed by atoms with Gasteiger partial charge in [-0.1, -0.05) is 43.0 Å². The molecule has 110 valence electrons. The van der Waals surface area contributed by atoms with Gasteiger partial charge in [-0.25, -0.2) is 9.18 Å². The number of carboxylic acid groups (broad SMARTS) is 1. The van der Waals surface area contributed by atoms with Crippen LogP contribution in [0.3, 0.4) is 0 Å². The highest BCUT2D eigenvalue weighted by atomic mass is 32.2. The molecule has 2 rings (SSSR count). The first-order valence-corrected chi connectivity index (χ1v) is 7.42. The summed E-state index contributed by atoms with van der Waals surface area (Å²) in [6.07, 6.45) is 1.77. The minimum Gasteiger partial charge on any atom is -0.480 e. The number of hydrogen-bond donors (Lipinski definition) is 1. The van der Waals surface area contributed by atoms with Crippen LogP contribution in [-0.4, -0.2) is 32.2 Å². The number of benzene rings is 1. The van der Waals surface area contributed by atoms with Crippen molar-refractivity contribution in [2.24, 2.45) is 0 Å². The summed E-state index contributed by atoms with van der Waals surface area (Å²) in [5, 5.41) is 9.15. The fraction of sp³-hybridized carbons (Fsp3) is 0.214. The third-order valence-electron chi connectivity index (χ3n) is 2.95. The maximum atomic E-state index is 13.1. The lowest BCUT2D eigenvalue weighted by molar-refractivity contribution is -0.145. The van der Waals surface area contributed by atoms with Crippen LogP contribution in [0.5, 0.6) is 0 Å². The molecule has 21 heavy (non-hydrogen) atoms. The molecule has 1 atom stereocenters. The van der Waals surface area contributed by atoms with Gasteiger partial charge >= 0.3 is 5.97 Å². The van der Waals surface area contributed by atoms with Gasteiger partial charge in [-0.2, -0.15) is 0 Å². The molecule has 1 saturated heterocycles. The van der Waals surface area contributed by atoms with E-state index in [9.17, 15) is 14.0 Å². The third kappa shape index (κ3) is 3.30. The maximum absolute atomic E-state index is 13.1. The number of rotatable bonds is 4. The molecule has 1 aliphatic rings. The fourth-order valence-corrected chi connectivity index (χ4v) is 3.32. The molecule has 1 heterocycles. The summed E-state index contributed by atoms with van der Waals surface area (Å²) in [7, 11) is 0. The molecule has 1 aromatic carbocycles. The number of thioether (sulfide) groups is 1. The van der Waals surface area contributed by atoms with Crippen molar-refractivity contribution in [1.29, 1.82) is 0 Å². The summed E-state index contributed by atoms with van der Waals surface area (Å²) < 4.78 is 13.4. The molecule has 0 bridgehead atoms. The van der Waals surface area contributed by atoms with Crippen LogP contribution in [0.4, 0.5) is 4.39 Å². The van der Waals surface area contributed by atoms with Crippen molar-refractivity contribution in [3.05, 3.63) is 40.6 Å². The second-order valence-corrected chi connectivity index (χ2v) is 6.04. The Labute approximate surface area is 130 Å². The van der Waals surface area contributed by atoms with Gasteiger partial charge in [0.1, 0.15) is 16.2 Å². The molecule has 1 N–H and O–H groups in total. The van der Waals surface area contributed by atoms with Crippen molar-refractivity contribution < 1.29 is 19.1 Å². The summed E-state index contributed by atoms with van der Waals surface area (Å²) in [4.78, 5) is 24.9.